The van der Waals surface area contributed by atoms with Crippen LogP contribution in [0, 0.1) is 0 Å². The molecule has 0 aliphatic carbocycles. The Labute approximate surface area is 99.2 Å². The third-order valence-electron chi connectivity index (χ3n) is 2.74. The highest BCUT2D eigenvalue weighted by molar-refractivity contribution is 5.08. The Bertz CT molecular complexity index is 430. The molecule has 1 saturated heterocycles. The highest BCUT2D eigenvalue weighted by atomic mass is 16.5. The minimum atomic E-state index is -0.358. The molecule has 1 fully saturated rings. The fourth-order valence-corrected chi connectivity index (χ4v) is 2.00. The van der Waals surface area contributed by atoms with E-state index in [9.17, 15) is 9.90 Å². The standard InChI is InChI=1S/C11H17N3O3/c1-2-3-14-4-5-17-8(7-14)11-12-9(15)6-10(16)13-11/h6,8H,2-5,7H2,1H3,(H2,12,13,15,16). The molecule has 6 heteroatoms. The van der Waals surface area contributed by atoms with Crippen LogP contribution < -0.4 is 5.56 Å². The third-order valence-corrected chi connectivity index (χ3v) is 2.74. The van der Waals surface area contributed by atoms with Crippen molar-refractivity contribution in [1.82, 2.24) is 14.9 Å². The second-order valence-corrected chi connectivity index (χ2v) is 4.15. The molecule has 0 saturated carbocycles. The molecule has 0 radical (unpaired) electrons. The van der Waals surface area contributed by atoms with E-state index in [4.69, 9.17) is 4.74 Å². The number of H-pyrrole nitrogens is 1. The lowest BCUT2D eigenvalue weighted by molar-refractivity contribution is -0.0345. The zero-order valence-electron chi connectivity index (χ0n) is 9.85. The van der Waals surface area contributed by atoms with Crippen LogP contribution in [0.1, 0.15) is 25.3 Å². The lowest BCUT2D eigenvalue weighted by atomic mass is 10.2. The second-order valence-electron chi connectivity index (χ2n) is 4.15. The Kier molecular flexibility index (Phi) is 3.75. The summed E-state index contributed by atoms with van der Waals surface area (Å²) in [6, 6.07) is 1.05. The highest BCUT2D eigenvalue weighted by Crippen LogP contribution is 2.19. The summed E-state index contributed by atoms with van der Waals surface area (Å²) < 4.78 is 5.57. The number of morpholine rings is 1. The number of hydrogen-bond donors (Lipinski definition) is 2. The van der Waals surface area contributed by atoms with E-state index in [1.807, 2.05) is 0 Å². The van der Waals surface area contributed by atoms with Gasteiger partial charge in [-0.1, -0.05) is 6.92 Å². The summed E-state index contributed by atoms with van der Waals surface area (Å²) in [5, 5.41) is 9.29. The molecular formula is C11H17N3O3. The van der Waals surface area contributed by atoms with Crippen molar-refractivity contribution in [3.05, 3.63) is 22.2 Å². The molecule has 0 aromatic carbocycles. The first-order valence-corrected chi connectivity index (χ1v) is 5.83. The Morgan fingerprint density at radius 2 is 2.53 bits per heavy atom. The van der Waals surface area contributed by atoms with Gasteiger partial charge in [-0.3, -0.25) is 9.69 Å². The number of nitrogens with one attached hydrogen (secondary N) is 1. The SMILES string of the molecule is CCCN1CCOC(c2nc(O)cc(=O)[nH]2)C1. The number of nitrogens with zero attached hydrogens (tertiary/aromatic N) is 2. The molecule has 0 spiro atoms. The third kappa shape index (κ3) is 3.04. The van der Waals surface area contributed by atoms with Crippen LogP contribution in [0.5, 0.6) is 5.88 Å². The Morgan fingerprint density at radius 1 is 1.71 bits per heavy atom. The van der Waals surface area contributed by atoms with Gasteiger partial charge in [-0.25, -0.2) is 0 Å². The normalized spacial score (nSPS) is 21.6. The lowest BCUT2D eigenvalue weighted by Gasteiger charge is -2.31. The maximum absolute atomic E-state index is 11.2. The summed E-state index contributed by atoms with van der Waals surface area (Å²) in [6.07, 6.45) is 0.812. The van der Waals surface area contributed by atoms with Gasteiger partial charge < -0.3 is 14.8 Å². The first kappa shape index (κ1) is 12.1. The van der Waals surface area contributed by atoms with Crippen molar-refractivity contribution in [3.8, 4) is 5.88 Å². The molecule has 17 heavy (non-hydrogen) atoms. The summed E-state index contributed by atoms with van der Waals surface area (Å²) in [5.41, 5.74) is -0.358. The van der Waals surface area contributed by atoms with E-state index in [1.165, 1.54) is 0 Å². The number of rotatable bonds is 3. The molecule has 94 valence electrons. The number of aromatic nitrogens is 2. The van der Waals surface area contributed by atoms with Crippen LogP contribution in [0.2, 0.25) is 0 Å². The van der Waals surface area contributed by atoms with Gasteiger partial charge in [0.25, 0.3) is 5.56 Å². The number of hydrogen-bond acceptors (Lipinski definition) is 5. The zero-order chi connectivity index (χ0) is 12.3. The van der Waals surface area contributed by atoms with Gasteiger partial charge in [0.05, 0.1) is 12.7 Å². The van der Waals surface area contributed by atoms with Gasteiger partial charge in [0, 0.05) is 13.1 Å². The molecule has 0 bridgehead atoms. The van der Waals surface area contributed by atoms with E-state index in [1.54, 1.807) is 0 Å². The lowest BCUT2D eigenvalue weighted by Crippen LogP contribution is -2.39. The molecule has 1 aliphatic heterocycles. The Morgan fingerprint density at radius 3 is 3.24 bits per heavy atom. The van der Waals surface area contributed by atoms with Crippen molar-refractivity contribution in [2.45, 2.75) is 19.4 Å². The van der Waals surface area contributed by atoms with E-state index >= 15 is 0 Å². The zero-order valence-corrected chi connectivity index (χ0v) is 9.85. The molecule has 2 heterocycles. The predicted molar refractivity (Wildman–Crippen MR) is 61.9 cm³/mol. The van der Waals surface area contributed by atoms with E-state index in [-0.39, 0.29) is 17.5 Å². The van der Waals surface area contributed by atoms with Gasteiger partial charge >= 0.3 is 0 Å². The average Bonchev–Trinajstić information content (AvgIpc) is 2.28. The molecule has 0 amide bonds. The Hall–Kier alpha value is -1.40. The van der Waals surface area contributed by atoms with Crippen LogP contribution >= 0.6 is 0 Å². The minimum Gasteiger partial charge on any atom is -0.493 e. The smallest absolute Gasteiger partial charge is 0.254 e. The van der Waals surface area contributed by atoms with Crippen LogP contribution in [0.25, 0.3) is 0 Å². The fraction of sp³-hybridized carbons (Fsp3) is 0.636. The Balaban J connectivity index is 2.13. The molecule has 1 aromatic rings. The van der Waals surface area contributed by atoms with Crippen molar-refractivity contribution < 1.29 is 9.84 Å². The summed E-state index contributed by atoms with van der Waals surface area (Å²) in [4.78, 5) is 20.0. The van der Waals surface area contributed by atoms with Crippen LogP contribution in [0.4, 0.5) is 0 Å². The van der Waals surface area contributed by atoms with Gasteiger partial charge in [0.1, 0.15) is 11.9 Å². The quantitative estimate of drug-likeness (QED) is 0.791. The van der Waals surface area contributed by atoms with Crippen molar-refractivity contribution in [3.63, 3.8) is 0 Å². The second kappa shape index (κ2) is 5.29. The molecular weight excluding hydrogens is 222 g/mol. The van der Waals surface area contributed by atoms with Gasteiger partial charge in [-0.2, -0.15) is 4.98 Å². The number of aromatic amines is 1. The fourth-order valence-electron chi connectivity index (χ4n) is 2.00. The monoisotopic (exact) mass is 239 g/mol. The summed E-state index contributed by atoms with van der Waals surface area (Å²) >= 11 is 0. The molecule has 6 nitrogen and oxygen atoms in total. The molecule has 1 aromatic heterocycles. The molecule has 1 unspecified atom stereocenters. The highest BCUT2D eigenvalue weighted by Gasteiger charge is 2.23. The van der Waals surface area contributed by atoms with Gasteiger partial charge in [-0.05, 0) is 13.0 Å². The van der Waals surface area contributed by atoms with E-state index in [0.717, 1.165) is 25.6 Å². The average molecular weight is 239 g/mol. The minimum absolute atomic E-state index is 0.264. The maximum Gasteiger partial charge on any atom is 0.254 e. The van der Waals surface area contributed by atoms with Crippen molar-refractivity contribution in [1.29, 1.82) is 0 Å². The summed E-state index contributed by atoms with van der Waals surface area (Å²) in [5.74, 6) is 0.135. The molecule has 1 atom stereocenters. The van der Waals surface area contributed by atoms with Crippen LogP contribution in [-0.2, 0) is 4.74 Å². The number of aromatic hydroxyl groups is 1. The summed E-state index contributed by atoms with van der Waals surface area (Å²) in [6.45, 7) is 5.33. The molecule has 1 aliphatic rings. The summed E-state index contributed by atoms with van der Waals surface area (Å²) in [7, 11) is 0. The van der Waals surface area contributed by atoms with E-state index in [2.05, 4.69) is 21.8 Å². The van der Waals surface area contributed by atoms with Crippen LogP contribution in [-0.4, -0.2) is 46.2 Å². The van der Waals surface area contributed by atoms with Crippen molar-refractivity contribution in [2.75, 3.05) is 26.2 Å². The first-order chi connectivity index (χ1) is 8.19. The van der Waals surface area contributed by atoms with Crippen molar-refractivity contribution >= 4 is 0 Å². The predicted octanol–water partition coefficient (Wildman–Crippen LogP) is 0.259. The number of ether oxygens (including phenoxy) is 1. The molecule has 2 rings (SSSR count). The van der Waals surface area contributed by atoms with Crippen LogP contribution in [0.15, 0.2) is 10.9 Å². The largest absolute Gasteiger partial charge is 0.493 e. The van der Waals surface area contributed by atoms with Gasteiger partial charge in [0.2, 0.25) is 5.88 Å². The van der Waals surface area contributed by atoms with Gasteiger partial charge in [0.15, 0.2) is 0 Å². The van der Waals surface area contributed by atoms with E-state index in [0.29, 0.717) is 19.0 Å². The van der Waals surface area contributed by atoms with Crippen molar-refractivity contribution in [2.24, 2.45) is 0 Å². The van der Waals surface area contributed by atoms with E-state index < -0.39 is 0 Å². The topological polar surface area (TPSA) is 78.5 Å². The first-order valence-electron chi connectivity index (χ1n) is 5.83. The maximum atomic E-state index is 11.2. The van der Waals surface area contributed by atoms with Gasteiger partial charge in [-0.15, -0.1) is 0 Å². The van der Waals surface area contributed by atoms with Crippen LogP contribution in [0.3, 0.4) is 0 Å². The molecule has 2 N–H and O–H groups in total.